The molecule has 1 amide bonds. The summed E-state index contributed by atoms with van der Waals surface area (Å²) in [6, 6.07) is 14.0. The second-order valence-electron chi connectivity index (χ2n) is 5.39. The quantitative estimate of drug-likeness (QED) is 0.731. The van der Waals surface area contributed by atoms with Gasteiger partial charge in [-0.05, 0) is 18.2 Å². The van der Waals surface area contributed by atoms with Crippen LogP contribution >= 0.6 is 11.3 Å². The van der Waals surface area contributed by atoms with Crippen LogP contribution in [-0.4, -0.2) is 18.0 Å². The minimum absolute atomic E-state index is 0.142. The summed E-state index contributed by atoms with van der Waals surface area (Å²) in [5.41, 5.74) is 1.98. The lowest BCUT2D eigenvalue weighted by Gasteiger charge is -2.09. The number of nitrogens with one attached hydrogen (secondary N) is 1. The van der Waals surface area contributed by atoms with E-state index in [0.29, 0.717) is 22.8 Å². The highest BCUT2D eigenvalue weighted by atomic mass is 32.1. The monoisotopic (exact) mass is 356 g/mol. The van der Waals surface area contributed by atoms with Crippen LogP contribution < -0.4 is 10.1 Å². The maximum Gasteiger partial charge on any atom is 0.226 e. The van der Waals surface area contributed by atoms with Crippen LogP contribution in [0.25, 0.3) is 10.6 Å². The van der Waals surface area contributed by atoms with Crippen LogP contribution in [0.5, 0.6) is 5.75 Å². The number of thiazole rings is 1. The summed E-state index contributed by atoms with van der Waals surface area (Å²) in [6.45, 7) is 0.382. The molecule has 0 aliphatic heterocycles. The number of amides is 1. The second kappa shape index (κ2) is 7.90. The van der Waals surface area contributed by atoms with Crippen molar-refractivity contribution in [3.63, 3.8) is 0 Å². The zero-order chi connectivity index (χ0) is 17.6. The average Bonchev–Trinajstić information content (AvgIpc) is 3.08. The number of ether oxygens (including phenoxy) is 1. The Morgan fingerprint density at radius 1 is 1.20 bits per heavy atom. The molecule has 3 rings (SSSR count). The number of para-hydroxylation sites is 1. The molecule has 3 aromatic rings. The van der Waals surface area contributed by atoms with Crippen LogP contribution in [0.4, 0.5) is 4.39 Å². The van der Waals surface area contributed by atoms with Crippen LogP contribution in [0.15, 0.2) is 53.9 Å². The van der Waals surface area contributed by atoms with Gasteiger partial charge in [-0.15, -0.1) is 11.3 Å². The van der Waals surface area contributed by atoms with Crippen molar-refractivity contribution in [2.45, 2.75) is 13.0 Å². The molecule has 6 heteroatoms. The number of halogens is 1. The first-order chi connectivity index (χ1) is 12.2. The molecule has 2 aromatic carbocycles. The summed E-state index contributed by atoms with van der Waals surface area (Å²) >= 11 is 1.33. The molecule has 0 aliphatic rings. The number of methoxy groups -OCH3 is 1. The topological polar surface area (TPSA) is 51.2 Å². The van der Waals surface area contributed by atoms with Gasteiger partial charge in [0, 0.05) is 23.1 Å². The lowest BCUT2D eigenvalue weighted by molar-refractivity contribution is -0.120. The smallest absolute Gasteiger partial charge is 0.226 e. The molecule has 0 bridgehead atoms. The van der Waals surface area contributed by atoms with Crippen LogP contribution in [0.1, 0.15) is 11.3 Å². The van der Waals surface area contributed by atoms with Gasteiger partial charge in [0.25, 0.3) is 0 Å². The Hall–Kier alpha value is -2.73. The fourth-order valence-corrected chi connectivity index (χ4v) is 3.26. The molecule has 1 N–H and O–H groups in total. The Labute approximate surface area is 149 Å². The maximum absolute atomic E-state index is 13.8. The largest absolute Gasteiger partial charge is 0.496 e. The molecule has 25 heavy (non-hydrogen) atoms. The third-order valence-corrected chi connectivity index (χ3v) is 4.59. The standard InChI is InChI=1S/C19H17FN2O2S/c1-24-17-9-5-2-6-13(17)11-21-18(23)10-14-12-25-19(22-14)15-7-3-4-8-16(15)20/h2-9,12H,10-11H2,1H3,(H,21,23). The molecule has 1 aromatic heterocycles. The number of hydrogen-bond donors (Lipinski definition) is 1. The number of nitrogens with zero attached hydrogens (tertiary/aromatic N) is 1. The Morgan fingerprint density at radius 3 is 2.76 bits per heavy atom. The Morgan fingerprint density at radius 2 is 1.96 bits per heavy atom. The van der Waals surface area contributed by atoms with Gasteiger partial charge in [0.1, 0.15) is 16.6 Å². The molecule has 1 heterocycles. The normalized spacial score (nSPS) is 10.5. The minimum atomic E-state index is -0.316. The van der Waals surface area contributed by atoms with Gasteiger partial charge in [0.2, 0.25) is 5.91 Å². The van der Waals surface area contributed by atoms with Crippen LogP contribution in [-0.2, 0) is 17.8 Å². The summed E-state index contributed by atoms with van der Waals surface area (Å²) in [4.78, 5) is 16.5. The van der Waals surface area contributed by atoms with E-state index in [1.165, 1.54) is 17.4 Å². The molecule has 0 unspecified atom stereocenters. The van der Waals surface area contributed by atoms with E-state index in [-0.39, 0.29) is 18.1 Å². The fourth-order valence-electron chi connectivity index (χ4n) is 2.42. The van der Waals surface area contributed by atoms with Crippen molar-refractivity contribution < 1.29 is 13.9 Å². The lowest BCUT2D eigenvalue weighted by Crippen LogP contribution is -2.24. The van der Waals surface area contributed by atoms with E-state index in [0.717, 1.165) is 11.3 Å². The minimum Gasteiger partial charge on any atom is -0.496 e. The molecule has 128 valence electrons. The van der Waals surface area contributed by atoms with E-state index < -0.39 is 0 Å². The van der Waals surface area contributed by atoms with Gasteiger partial charge in [-0.2, -0.15) is 0 Å². The van der Waals surface area contributed by atoms with Crippen molar-refractivity contribution in [3.05, 3.63) is 71.0 Å². The summed E-state index contributed by atoms with van der Waals surface area (Å²) in [5.74, 6) is 0.276. The van der Waals surface area contributed by atoms with E-state index >= 15 is 0 Å². The van der Waals surface area contributed by atoms with Crippen molar-refractivity contribution in [1.29, 1.82) is 0 Å². The van der Waals surface area contributed by atoms with Crippen LogP contribution in [0.2, 0.25) is 0 Å². The third kappa shape index (κ3) is 4.22. The molecule has 0 fully saturated rings. The molecule has 4 nitrogen and oxygen atoms in total. The van der Waals surface area contributed by atoms with Crippen molar-refractivity contribution in [1.82, 2.24) is 10.3 Å². The van der Waals surface area contributed by atoms with Crippen LogP contribution in [0, 0.1) is 5.82 Å². The van der Waals surface area contributed by atoms with E-state index in [1.807, 2.05) is 24.3 Å². The first-order valence-corrected chi connectivity index (χ1v) is 8.63. The first-order valence-electron chi connectivity index (χ1n) is 7.75. The molecule has 0 aliphatic carbocycles. The van der Waals surface area contributed by atoms with E-state index in [4.69, 9.17) is 4.74 Å². The number of hydrogen-bond acceptors (Lipinski definition) is 4. The first kappa shape index (κ1) is 17.1. The van der Waals surface area contributed by atoms with Crippen LogP contribution in [0.3, 0.4) is 0 Å². The van der Waals surface area contributed by atoms with Gasteiger partial charge < -0.3 is 10.1 Å². The molecular formula is C19H17FN2O2S. The number of rotatable bonds is 6. The molecule has 0 saturated carbocycles. The van der Waals surface area contributed by atoms with Crippen molar-refractivity contribution in [2.75, 3.05) is 7.11 Å². The zero-order valence-corrected chi connectivity index (χ0v) is 14.5. The highest BCUT2D eigenvalue weighted by molar-refractivity contribution is 7.13. The number of carbonyl (C=O) groups excluding carboxylic acids is 1. The van der Waals surface area contributed by atoms with Gasteiger partial charge in [-0.25, -0.2) is 9.37 Å². The van der Waals surface area contributed by atoms with Crippen molar-refractivity contribution in [2.24, 2.45) is 0 Å². The third-order valence-electron chi connectivity index (χ3n) is 3.67. The molecule has 0 saturated heterocycles. The highest BCUT2D eigenvalue weighted by Crippen LogP contribution is 2.26. The summed E-state index contributed by atoms with van der Waals surface area (Å²) in [5, 5.41) is 5.21. The molecule has 0 atom stereocenters. The number of benzene rings is 2. The predicted molar refractivity (Wildman–Crippen MR) is 96.1 cm³/mol. The summed E-state index contributed by atoms with van der Waals surface area (Å²) < 4.78 is 19.1. The second-order valence-corrected chi connectivity index (χ2v) is 6.25. The van der Waals surface area contributed by atoms with Gasteiger partial charge >= 0.3 is 0 Å². The van der Waals surface area contributed by atoms with E-state index in [1.54, 1.807) is 30.7 Å². The van der Waals surface area contributed by atoms with Crippen molar-refractivity contribution >= 4 is 17.2 Å². The number of carbonyl (C=O) groups is 1. The van der Waals surface area contributed by atoms with E-state index in [2.05, 4.69) is 10.3 Å². The molecule has 0 spiro atoms. The number of aromatic nitrogens is 1. The SMILES string of the molecule is COc1ccccc1CNC(=O)Cc1csc(-c2ccccc2F)n1. The molecule has 0 radical (unpaired) electrons. The van der Waals surface area contributed by atoms with E-state index in [9.17, 15) is 9.18 Å². The zero-order valence-electron chi connectivity index (χ0n) is 13.7. The Balaban J connectivity index is 1.61. The van der Waals surface area contributed by atoms with Gasteiger partial charge in [0.15, 0.2) is 0 Å². The predicted octanol–water partition coefficient (Wildman–Crippen LogP) is 3.82. The summed E-state index contributed by atoms with van der Waals surface area (Å²) in [6.07, 6.45) is 0.153. The van der Waals surface area contributed by atoms with Gasteiger partial charge in [-0.3, -0.25) is 4.79 Å². The Bertz CT molecular complexity index is 879. The summed E-state index contributed by atoms with van der Waals surface area (Å²) in [7, 11) is 1.60. The van der Waals surface area contributed by atoms with Gasteiger partial charge in [-0.1, -0.05) is 30.3 Å². The van der Waals surface area contributed by atoms with Crippen molar-refractivity contribution in [3.8, 4) is 16.3 Å². The highest BCUT2D eigenvalue weighted by Gasteiger charge is 2.12. The lowest BCUT2D eigenvalue weighted by atomic mass is 10.2. The van der Waals surface area contributed by atoms with Gasteiger partial charge in [0.05, 0.1) is 19.2 Å². The fraction of sp³-hybridized carbons (Fsp3) is 0.158. The Kier molecular flexibility index (Phi) is 5.40. The maximum atomic E-state index is 13.8. The average molecular weight is 356 g/mol. The molecular weight excluding hydrogens is 339 g/mol.